The summed E-state index contributed by atoms with van der Waals surface area (Å²) in [6, 6.07) is 6.92. The number of methoxy groups -OCH3 is 3. The van der Waals surface area contributed by atoms with Crippen molar-refractivity contribution in [3.8, 4) is 17.2 Å². The third-order valence-corrected chi connectivity index (χ3v) is 6.94. The summed E-state index contributed by atoms with van der Waals surface area (Å²) in [7, 11) is 4.50. The molecule has 0 aliphatic heterocycles. The van der Waals surface area contributed by atoms with Gasteiger partial charge in [-0.1, -0.05) is 6.07 Å². The van der Waals surface area contributed by atoms with Crippen molar-refractivity contribution in [3.63, 3.8) is 0 Å². The molecule has 1 aliphatic rings. The molecule has 0 unspecified atom stereocenters. The van der Waals surface area contributed by atoms with E-state index in [9.17, 15) is 9.59 Å². The molecular weight excluding hydrogens is 454 g/mol. The van der Waals surface area contributed by atoms with Crippen LogP contribution >= 0.6 is 11.3 Å². The highest BCUT2D eigenvalue weighted by Crippen LogP contribution is 2.40. The van der Waals surface area contributed by atoms with Crippen molar-refractivity contribution in [1.29, 1.82) is 0 Å². The number of hydrogen-bond acceptors (Lipinski definition) is 7. The molecule has 4 rings (SSSR count). The monoisotopic (exact) mass is 481 g/mol. The molecule has 0 bridgehead atoms. The zero-order chi connectivity index (χ0) is 24.1. The van der Waals surface area contributed by atoms with E-state index >= 15 is 0 Å². The number of benzene rings is 1. The Morgan fingerprint density at radius 1 is 1.03 bits per heavy atom. The second-order valence-corrected chi connectivity index (χ2v) is 8.93. The number of carbonyl (C=O) groups excluding carboxylic acids is 2. The number of aromatic nitrogens is 1. The molecule has 1 aliphatic carbocycles. The largest absolute Gasteiger partial charge is 0.493 e. The fourth-order valence-electron chi connectivity index (χ4n) is 4.06. The lowest BCUT2D eigenvalue weighted by Gasteiger charge is -2.15. The number of carbonyl (C=O) groups is 2. The van der Waals surface area contributed by atoms with Gasteiger partial charge in [-0.05, 0) is 55.0 Å². The minimum atomic E-state index is -0.362. The summed E-state index contributed by atoms with van der Waals surface area (Å²) in [6.45, 7) is 0.359. The molecule has 2 heterocycles. The molecule has 0 fully saturated rings. The maximum absolute atomic E-state index is 13.2. The molecule has 0 spiro atoms. The summed E-state index contributed by atoms with van der Waals surface area (Å²) in [5.41, 5.74) is 2.81. The van der Waals surface area contributed by atoms with Gasteiger partial charge in [-0.3, -0.25) is 14.6 Å². The van der Waals surface area contributed by atoms with Gasteiger partial charge in [0, 0.05) is 29.4 Å². The Kier molecular flexibility index (Phi) is 7.32. The summed E-state index contributed by atoms with van der Waals surface area (Å²) in [5.74, 6) is 0.602. The Morgan fingerprint density at radius 3 is 2.41 bits per heavy atom. The molecule has 0 saturated heterocycles. The number of pyridine rings is 1. The zero-order valence-electron chi connectivity index (χ0n) is 19.4. The maximum atomic E-state index is 13.2. The van der Waals surface area contributed by atoms with Gasteiger partial charge in [0.1, 0.15) is 5.00 Å². The van der Waals surface area contributed by atoms with Crippen LogP contribution in [0.15, 0.2) is 36.7 Å². The predicted octanol–water partition coefficient (Wildman–Crippen LogP) is 4.23. The minimum Gasteiger partial charge on any atom is -0.493 e. The lowest BCUT2D eigenvalue weighted by Crippen LogP contribution is -2.25. The molecule has 2 N–H and O–H groups in total. The van der Waals surface area contributed by atoms with Gasteiger partial charge < -0.3 is 24.8 Å². The molecular formula is C25H27N3O5S. The van der Waals surface area contributed by atoms with Gasteiger partial charge in [-0.15, -0.1) is 11.3 Å². The normalized spacial score (nSPS) is 12.4. The minimum absolute atomic E-state index is 0.205. The number of amides is 2. The first kappa shape index (κ1) is 23.6. The molecule has 34 heavy (non-hydrogen) atoms. The van der Waals surface area contributed by atoms with Crippen LogP contribution < -0.4 is 24.8 Å². The molecule has 8 nitrogen and oxygen atoms in total. The van der Waals surface area contributed by atoms with Crippen LogP contribution in [-0.4, -0.2) is 38.1 Å². The quantitative estimate of drug-likeness (QED) is 0.500. The second kappa shape index (κ2) is 10.6. The van der Waals surface area contributed by atoms with Crippen molar-refractivity contribution in [1.82, 2.24) is 10.3 Å². The van der Waals surface area contributed by atoms with Gasteiger partial charge >= 0.3 is 0 Å². The fraction of sp³-hybridized carbons (Fsp3) is 0.320. The SMILES string of the molecule is COc1cc(C(=O)Nc2sc3c(c2C(=O)NCc2cccnc2)CCCC3)cc(OC)c1OC. The first-order chi connectivity index (χ1) is 16.5. The number of ether oxygens (including phenoxy) is 3. The van der Waals surface area contributed by atoms with Crippen molar-refractivity contribution in [2.45, 2.75) is 32.2 Å². The summed E-state index contributed by atoms with van der Waals surface area (Å²) in [4.78, 5) is 31.7. The molecule has 3 aromatic rings. The lowest BCUT2D eigenvalue weighted by molar-refractivity contribution is 0.0951. The molecule has 2 aromatic heterocycles. The van der Waals surface area contributed by atoms with E-state index in [1.54, 1.807) is 24.5 Å². The molecule has 1 aromatic carbocycles. The third-order valence-electron chi connectivity index (χ3n) is 5.73. The molecule has 178 valence electrons. The number of aryl methyl sites for hydroxylation is 1. The number of anilines is 1. The smallest absolute Gasteiger partial charge is 0.256 e. The van der Waals surface area contributed by atoms with Gasteiger partial charge in [-0.25, -0.2) is 0 Å². The molecule has 0 saturated carbocycles. The Morgan fingerprint density at radius 2 is 1.76 bits per heavy atom. The van der Waals surface area contributed by atoms with Gasteiger partial charge in [0.05, 0.1) is 26.9 Å². The van der Waals surface area contributed by atoms with E-state index in [-0.39, 0.29) is 11.8 Å². The van der Waals surface area contributed by atoms with E-state index in [1.807, 2.05) is 12.1 Å². The highest BCUT2D eigenvalue weighted by Gasteiger charge is 2.27. The van der Waals surface area contributed by atoms with Crippen molar-refractivity contribution < 1.29 is 23.8 Å². The Hall–Kier alpha value is -3.59. The second-order valence-electron chi connectivity index (χ2n) is 7.83. The van der Waals surface area contributed by atoms with E-state index < -0.39 is 0 Å². The average molecular weight is 482 g/mol. The fourth-order valence-corrected chi connectivity index (χ4v) is 5.34. The maximum Gasteiger partial charge on any atom is 0.256 e. The lowest BCUT2D eigenvalue weighted by atomic mass is 9.95. The van der Waals surface area contributed by atoms with Crippen LogP contribution in [-0.2, 0) is 19.4 Å². The van der Waals surface area contributed by atoms with E-state index in [0.717, 1.165) is 41.7 Å². The summed E-state index contributed by atoms with van der Waals surface area (Å²) in [5, 5.41) is 6.48. The Labute approximate surface area is 202 Å². The van der Waals surface area contributed by atoms with Crippen LogP contribution in [0, 0.1) is 0 Å². The number of hydrogen-bond donors (Lipinski definition) is 2. The molecule has 0 atom stereocenters. The van der Waals surface area contributed by atoms with Gasteiger partial charge in [-0.2, -0.15) is 0 Å². The van der Waals surface area contributed by atoms with Crippen LogP contribution in [0.25, 0.3) is 0 Å². The van der Waals surface area contributed by atoms with Crippen LogP contribution in [0.5, 0.6) is 17.2 Å². The number of nitrogens with one attached hydrogen (secondary N) is 2. The van der Waals surface area contributed by atoms with Gasteiger partial charge in [0.25, 0.3) is 11.8 Å². The van der Waals surface area contributed by atoms with Crippen molar-refractivity contribution >= 4 is 28.2 Å². The average Bonchev–Trinajstić information content (AvgIpc) is 3.24. The first-order valence-corrected chi connectivity index (χ1v) is 11.8. The highest BCUT2D eigenvalue weighted by atomic mass is 32.1. The summed E-state index contributed by atoms with van der Waals surface area (Å²) >= 11 is 1.47. The van der Waals surface area contributed by atoms with Gasteiger partial charge in [0.15, 0.2) is 11.5 Å². The standard InChI is InChI=1S/C25H27N3O5S/c1-31-18-11-16(12-19(32-2)22(18)33-3)23(29)28-25-21(17-8-4-5-9-20(17)34-25)24(30)27-14-15-7-6-10-26-13-15/h6-7,10-13H,4-5,8-9,14H2,1-3H3,(H,27,30)(H,28,29). The van der Waals surface area contributed by atoms with Crippen molar-refractivity contribution in [2.24, 2.45) is 0 Å². The van der Waals surface area contributed by atoms with Crippen LogP contribution in [0.1, 0.15) is 49.6 Å². The Balaban J connectivity index is 1.62. The van der Waals surface area contributed by atoms with E-state index in [2.05, 4.69) is 15.6 Å². The zero-order valence-corrected chi connectivity index (χ0v) is 20.2. The van der Waals surface area contributed by atoms with E-state index in [0.29, 0.717) is 39.9 Å². The van der Waals surface area contributed by atoms with E-state index in [4.69, 9.17) is 14.2 Å². The topological polar surface area (TPSA) is 98.8 Å². The van der Waals surface area contributed by atoms with Crippen LogP contribution in [0.2, 0.25) is 0 Å². The van der Waals surface area contributed by atoms with E-state index in [1.165, 1.54) is 32.7 Å². The van der Waals surface area contributed by atoms with Crippen molar-refractivity contribution in [3.05, 3.63) is 63.8 Å². The predicted molar refractivity (Wildman–Crippen MR) is 130 cm³/mol. The van der Waals surface area contributed by atoms with Crippen molar-refractivity contribution in [2.75, 3.05) is 26.6 Å². The Bertz CT molecular complexity index is 1170. The molecule has 9 heteroatoms. The number of thiophene rings is 1. The molecule has 2 amide bonds. The molecule has 0 radical (unpaired) electrons. The first-order valence-electron chi connectivity index (χ1n) is 11.0. The third kappa shape index (κ3) is 4.84. The summed E-state index contributed by atoms with van der Waals surface area (Å²) in [6.07, 6.45) is 7.23. The number of rotatable bonds is 8. The van der Waals surface area contributed by atoms with Crippen LogP contribution in [0.3, 0.4) is 0 Å². The summed E-state index contributed by atoms with van der Waals surface area (Å²) < 4.78 is 16.1. The highest BCUT2D eigenvalue weighted by molar-refractivity contribution is 7.17. The van der Waals surface area contributed by atoms with Gasteiger partial charge in [0.2, 0.25) is 5.75 Å². The number of nitrogens with zero attached hydrogens (tertiary/aromatic N) is 1. The van der Waals surface area contributed by atoms with Crippen LogP contribution in [0.4, 0.5) is 5.00 Å². The number of fused-ring (bicyclic) bond motifs is 1.